The van der Waals surface area contributed by atoms with Crippen LogP contribution in [0.5, 0.6) is 0 Å². The molecule has 21 heavy (non-hydrogen) atoms. The third-order valence-electron chi connectivity index (χ3n) is 2.64. The summed E-state index contributed by atoms with van der Waals surface area (Å²) in [4.78, 5) is 34.3. The highest BCUT2D eigenvalue weighted by Gasteiger charge is 2.33. The number of carbonyl (C=O) groups excluding carboxylic acids is 2. The van der Waals surface area contributed by atoms with Gasteiger partial charge in [-0.3, -0.25) is 14.9 Å². The van der Waals surface area contributed by atoms with E-state index in [1.165, 1.54) is 6.07 Å². The fourth-order valence-electron chi connectivity index (χ4n) is 1.77. The first kappa shape index (κ1) is 13.5. The smallest absolute Gasteiger partial charge is 0.331 e. The van der Waals surface area contributed by atoms with Crippen molar-refractivity contribution >= 4 is 45.7 Å². The second-order valence-electron chi connectivity index (χ2n) is 3.93. The maximum atomic E-state index is 11.6. The molecule has 0 bridgehead atoms. The van der Waals surface area contributed by atoms with Crippen molar-refractivity contribution in [3.63, 3.8) is 0 Å². The highest BCUT2D eigenvalue weighted by Crippen LogP contribution is 2.38. The molecule has 0 saturated heterocycles. The Kier molecular flexibility index (Phi) is 3.07. The van der Waals surface area contributed by atoms with Crippen LogP contribution in [0.25, 0.3) is 0 Å². The van der Waals surface area contributed by atoms with Gasteiger partial charge in [-0.15, -0.1) is 10.2 Å². The van der Waals surface area contributed by atoms with Gasteiger partial charge < -0.3 is 5.73 Å². The van der Waals surface area contributed by atoms with Gasteiger partial charge in [0.05, 0.1) is 20.9 Å². The van der Waals surface area contributed by atoms with Crippen molar-refractivity contribution in [2.45, 2.75) is 9.24 Å². The Labute approximate surface area is 124 Å². The number of benzene rings is 1. The van der Waals surface area contributed by atoms with Crippen LogP contribution >= 0.6 is 23.1 Å². The Hall–Kier alpha value is -2.53. The number of nitrogens with one attached hydrogen (secondary N) is 1. The molecule has 3 rings (SSSR count). The number of fused-ring (bicyclic) bond motifs is 1. The van der Waals surface area contributed by atoms with Gasteiger partial charge in [0.15, 0.2) is 4.34 Å². The van der Waals surface area contributed by atoms with Gasteiger partial charge >= 0.3 is 5.69 Å². The molecule has 0 aliphatic carbocycles. The lowest BCUT2D eigenvalue weighted by molar-refractivity contribution is -0.731. The summed E-state index contributed by atoms with van der Waals surface area (Å²) in [5, 5.41) is 18.9. The van der Waals surface area contributed by atoms with E-state index in [0.29, 0.717) is 4.34 Å². The predicted octanol–water partition coefficient (Wildman–Crippen LogP) is 0.955. The van der Waals surface area contributed by atoms with Crippen molar-refractivity contribution in [2.24, 2.45) is 0 Å². The zero-order valence-corrected chi connectivity index (χ0v) is 11.7. The second kappa shape index (κ2) is 4.79. The first-order chi connectivity index (χ1) is 9.95. The predicted molar refractivity (Wildman–Crippen MR) is 71.8 cm³/mol. The van der Waals surface area contributed by atoms with Crippen LogP contribution in [0.15, 0.2) is 21.4 Å². The van der Waals surface area contributed by atoms with E-state index in [1.807, 2.05) is 0 Å². The molecule has 1 aromatic heterocycles. The average molecular weight is 324 g/mol. The van der Waals surface area contributed by atoms with Crippen molar-refractivity contribution in [3.05, 3.63) is 28.2 Å². The van der Waals surface area contributed by atoms with Crippen LogP contribution in [0.3, 0.4) is 0 Å². The van der Waals surface area contributed by atoms with Crippen LogP contribution in [0, 0.1) is 4.91 Å². The van der Waals surface area contributed by atoms with Crippen LogP contribution in [0.2, 0.25) is 0 Å². The molecule has 0 spiro atoms. The molecule has 0 atom stereocenters. The lowest BCUT2D eigenvalue weighted by Crippen LogP contribution is -2.19. The molecule has 2 aromatic rings. The van der Waals surface area contributed by atoms with Gasteiger partial charge in [-0.05, 0) is 17.8 Å². The van der Waals surface area contributed by atoms with Crippen LogP contribution in [0.4, 0.5) is 10.8 Å². The summed E-state index contributed by atoms with van der Waals surface area (Å²) in [7, 11) is 0. The Morgan fingerprint density at radius 2 is 1.90 bits per heavy atom. The molecular formula is C10H6N5O4S2+. The highest BCUT2D eigenvalue weighted by atomic mass is 32.2. The van der Waals surface area contributed by atoms with E-state index < -0.39 is 11.8 Å². The van der Waals surface area contributed by atoms with E-state index in [2.05, 4.69) is 15.5 Å². The van der Waals surface area contributed by atoms with Crippen molar-refractivity contribution < 1.29 is 19.7 Å². The maximum absolute atomic E-state index is 11.6. The third-order valence-corrected chi connectivity index (χ3v) is 4.49. The van der Waals surface area contributed by atoms with E-state index in [1.54, 1.807) is 0 Å². The Morgan fingerprint density at radius 1 is 1.24 bits per heavy atom. The number of imide groups is 1. The first-order valence-electron chi connectivity index (χ1n) is 5.42. The summed E-state index contributed by atoms with van der Waals surface area (Å²) < 4.78 is 0.431. The number of aromatic nitrogens is 2. The highest BCUT2D eigenvalue weighted by molar-refractivity contribution is 8.01. The number of rotatable bonds is 3. The number of hydrogen-bond acceptors (Lipinski definition) is 8. The van der Waals surface area contributed by atoms with Crippen molar-refractivity contribution in [1.29, 1.82) is 0 Å². The molecule has 2 amide bonds. The minimum Gasteiger partial charge on any atom is -0.374 e. The number of nitrogens with zero attached hydrogens (tertiary/aromatic N) is 3. The molecule has 0 radical (unpaired) electrons. The van der Waals surface area contributed by atoms with Gasteiger partial charge in [0.25, 0.3) is 16.7 Å². The number of nitrogens with two attached hydrogens (primary N) is 1. The second-order valence-corrected chi connectivity index (χ2v) is 6.23. The van der Waals surface area contributed by atoms with Crippen LogP contribution in [0.1, 0.15) is 20.7 Å². The SMILES string of the molecule is Nc1nnc(Sc2cc3c(cc2[N+](=O)O)C(=O)NC3=O)s1. The normalized spacial score (nSPS) is 13.1. The molecule has 0 unspecified atom stereocenters. The van der Waals surface area contributed by atoms with Gasteiger partial charge in [0, 0.05) is 6.07 Å². The minimum atomic E-state index is -0.616. The van der Waals surface area contributed by atoms with E-state index >= 15 is 0 Å². The number of carbonyl (C=O) groups is 2. The molecule has 4 N–H and O–H groups in total. The van der Waals surface area contributed by atoms with Gasteiger partial charge in [-0.1, -0.05) is 11.3 Å². The summed E-state index contributed by atoms with van der Waals surface area (Å²) in [6.45, 7) is 0. The van der Waals surface area contributed by atoms with Gasteiger partial charge in [0.1, 0.15) is 0 Å². The zero-order chi connectivity index (χ0) is 15.1. The molecule has 106 valence electrons. The van der Waals surface area contributed by atoms with Crippen LogP contribution in [-0.2, 0) is 0 Å². The topological polar surface area (TPSA) is 138 Å². The average Bonchev–Trinajstić information content (AvgIpc) is 2.94. The van der Waals surface area contributed by atoms with Crippen LogP contribution < -0.4 is 11.1 Å². The standard InChI is InChI=1S/C10H5N5O4S2/c11-9-13-14-10(21-9)20-6-2-4-3(1-5(6)15(18)19)7(16)12-8(4)17/h1-2H,(H3-,11,12,13,16,17,18,19)/p+1. The molecule has 11 heteroatoms. The largest absolute Gasteiger partial charge is 0.374 e. The molecule has 9 nitrogen and oxygen atoms in total. The van der Waals surface area contributed by atoms with Gasteiger partial charge in [0.2, 0.25) is 5.13 Å². The fraction of sp³-hybridized carbons (Fsp3) is 0. The van der Waals surface area contributed by atoms with E-state index in [4.69, 9.17) is 10.9 Å². The van der Waals surface area contributed by atoms with Crippen molar-refractivity contribution in [3.8, 4) is 0 Å². The number of hydrogen-bond donors (Lipinski definition) is 3. The Morgan fingerprint density at radius 3 is 2.48 bits per heavy atom. The summed E-state index contributed by atoms with van der Waals surface area (Å²) in [6.07, 6.45) is 0. The van der Waals surface area contributed by atoms with E-state index in [-0.39, 0.29) is 31.8 Å². The lowest BCUT2D eigenvalue weighted by atomic mass is 10.1. The summed E-state index contributed by atoms with van der Waals surface area (Å²) in [6, 6.07) is 2.49. The van der Waals surface area contributed by atoms with Gasteiger partial charge in [-0.25, -0.2) is 5.21 Å². The molecule has 0 fully saturated rings. The zero-order valence-electron chi connectivity index (χ0n) is 10.1. The molecular weight excluding hydrogens is 318 g/mol. The summed E-state index contributed by atoms with van der Waals surface area (Å²) in [5.41, 5.74) is 5.46. The van der Waals surface area contributed by atoms with E-state index in [0.717, 1.165) is 29.2 Å². The first-order valence-corrected chi connectivity index (χ1v) is 7.05. The minimum absolute atomic E-state index is 0.0334. The summed E-state index contributed by atoms with van der Waals surface area (Å²) >= 11 is 2.09. The Bertz CT molecular complexity index is 803. The fourth-order valence-corrected chi connectivity index (χ4v) is 3.49. The van der Waals surface area contributed by atoms with Crippen molar-refractivity contribution in [1.82, 2.24) is 15.5 Å². The molecule has 1 aromatic carbocycles. The van der Waals surface area contributed by atoms with Crippen LogP contribution in [-0.4, -0.2) is 32.1 Å². The number of amides is 2. The maximum Gasteiger partial charge on any atom is 0.331 e. The Balaban J connectivity index is 2.10. The number of nitrogen functional groups attached to an aromatic ring is 1. The monoisotopic (exact) mass is 324 g/mol. The summed E-state index contributed by atoms with van der Waals surface area (Å²) in [5.74, 6) is -1.18. The molecule has 0 saturated carbocycles. The molecule has 1 aliphatic heterocycles. The van der Waals surface area contributed by atoms with Gasteiger partial charge in [-0.2, -0.15) is 0 Å². The number of anilines is 1. The third kappa shape index (κ3) is 2.32. The molecule has 1 aliphatic rings. The molecule has 2 heterocycles. The van der Waals surface area contributed by atoms with E-state index in [9.17, 15) is 14.5 Å². The lowest BCUT2D eigenvalue weighted by Gasteiger charge is -2.00. The quantitative estimate of drug-likeness (QED) is 0.560. The van der Waals surface area contributed by atoms with Crippen molar-refractivity contribution in [2.75, 3.05) is 5.73 Å².